The molecule has 84 valence electrons. The van der Waals surface area contributed by atoms with Crippen LogP contribution in [-0.4, -0.2) is 23.0 Å². The highest BCUT2D eigenvalue weighted by molar-refractivity contribution is 5.75. The van der Waals surface area contributed by atoms with Gasteiger partial charge in [-0.15, -0.1) is 0 Å². The Morgan fingerprint density at radius 1 is 1.60 bits per heavy atom. The number of Topliss-reactive ketones (excluding diaryl/α,β-unsaturated/α-hetero) is 1. The number of rotatable bonds is 6. The molecule has 0 aliphatic heterocycles. The molecule has 0 spiro atoms. The van der Waals surface area contributed by atoms with Crippen molar-refractivity contribution in [2.75, 3.05) is 7.11 Å². The molecule has 0 saturated heterocycles. The second-order valence-electron chi connectivity index (χ2n) is 3.38. The van der Waals surface area contributed by atoms with Gasteiger partial charge >= 0.3 is 0 Å². The first kappa shape index (κ1) is 11.8. The van der Waals surface area contributed by atoms with E-state index in [2.05, 4.69) is 10.1 Å². The predicted molar refractivity (Wildman–Crippen MR) is 53.3 cm³/mol. The zero-order valence-corrected chi connectivity index (χ0v) is 9.32. The number of ketones is 1. The fourth-order valence-corrected chi connectivity index (χ4v) is 1.24. The minimum atomic E-state index is -0.125. The summed E-state index contributed by atoms with van der Waals surface area (Å²) in [6.07, 6.45) is 1.61. The highest BCUT2D eigenvalue weighted by Crippen LogP contribution is 2.16. The molecule has 0 bridgehead atoms. The van der Waals surface area contributed by atoms with Gasteiger partial charge in [-0.3, -0.25) is 0 Å². The third-order valence-corrected chi connectivity index (χ3v) is 2.12. The molecule has 0 aliphatic rings. The van der Waals surface area contributed by atoms with Crippen LogP contribution >= 0.6 is 0 Å². The number of nitrogens with zero attached hydrogens (tertiary/aromatic N) is 2. The van der Waals surface area contributed by atoms with E-state index in [1.54, 1.807) is 14.0 Å². The van der Waals surface area contributed by atoms with Crippen molar-refractivity contribution in [1.82, 2.24) is 10.1 Å². The van der Waals surface area contributed by atoms with E-state index >= 15 is 0 Å². The average Bonchev–Trinajstić information content (AvgIpc) is 2.65. The lowest BCUT2D eigenvalue weighted by atomic mass is 10.2. The number of carbonyl (C=O) groups excluding carboxylic acids is 1. The van der Waals surface area contributed by atoms with Crippen molar-refractivity contribution < 1.29 is 14.1 Å². The second kappa shape index (κ2) is 5.60. The summed E-state index contributed by atoms with van der Waals surface area (Å²) in [5, 5.41) is 3.81. The Morgan fingerprint density at radius 3 is 2.87 bits per heavy atom. The molecule has 1 rings (SSSR count). The highest BCUT2D eigenvalue weighted by atomic mass is 16.5. The van der Waals surface area contributed by atoms with Crippen LogP contribution in [0.25, 0.3) is 0 Å². The summed E-state index contributed by atoms with van der Waals surface area (Å²) >= 11 is 0. The molecule has 1 unspecified atom stereocenters. The molecule has 0 saturated carbocycles. The topological polar surface area (TPSA) is 65.2 Å². The quantitative estimate of drug-likeness (QED) is 0.717. The van der Waals surface area contributed by atoms with Crippen LogP contribution in [0.2, 0.25) is 0 Å². The number of hydrogen-bond acceptors (Lipinski definition) is 5. The molecule has 15 heavy (non-hydrogen) atoms. The minimum absolute atomic E-state index is 0.119. The molecule has 0 aliphatic carbocycles. The van der Waals surface area contributed by atoms with E-state index in [-0.39, 0.29) is 11.9 Å². The van der Waals surface area contributed by atoms with Crippen molar-refractivity contribution in [3.63, 3.8) is 0 Å². The normalized spacial score (nSPS) is 12.7. The van der Waals surface area contributed by atoms with Crippen LogP contribution in [0.15, 0.2) is 4.52 Å². The summed E-state index contributed by atoms with van der Waals surface area (Å²) in [5.41, 5.74) is 0. The molecule has 0 N–H and O–H groups in total. The molecule has 0 amide bonds. The minimum Gasteiger partial charge on any atom is -0.373 e. The van der Waals surface area contributed by atoms with Gasteiger partial charge in [-0.05, 0) is 13.3 Å². The predicted octanol–water partition coefficient (Wildman–Crippen LogP) is 1.69. The molecule has 5 heteroatoms. The number of ether oxygens (including phenoxy) is 1. The first-order valence-corrected chi connectivity index (χ1v) is 5.02. The van der Waals surface area contributed by atoms with Crippen LogP contribution in [0.4, 0.5) is 0 Å². The Balaban J connectivity index is 2.59. The molecule has 1 aromatic rings. The maximum absolute atomic E-state index is 10.8. The Kier molecular flexibility index (Phi) is 4.42. The van der Waals surface area contributed by atoms with Gasteiger partial charge < -0.3 is 14.1 Å². The largest absolute Gasteiger partial charge is 0.373 e. The van der Waals surface area contributed by atoms with E-state index in [9.17, 15) is 4.79 Å². The van der Waals surface area contributed by atoms with Crippen molar-refractivity contribution >= 4 is 5.78 Å². The summed E-state index contributed by atoms with van der Waals surface area (Å²) in [6.45, 7) is 3.53. The van der Waals surface area contributed by atoms with Gasteiger partial charge in [0.1, 0.15) is 11.9 Å². The van der Waals surface area contributed by atoms with E-state index in [0.717, 1.165) is 6.42 Å². The Morgan fingerprint density at radius 2 is 2.33 bits per heavy atom. The van der Waals surface area contributed by atoms with Crippen LogP contribution in [-0.2, 0) is 16.0 Å². The van der Waals surface area contributed by atoms with Gasteiger partial charge in [0.2, 0.25) is 11.7 Å². The van der Waals surface area contributed by atoms with Gasteiger partial charge in [0.15, 0.2) is 0 Å². The molecular weight excluding hydrogens is 196 g/mol. The molecule has 5 nitrogen and oxygen atoms in total. The van der Waals surface area contributed by atoms with E-state index in [1.165, 1.54) is 0 Å². The number of aromatic nitrogens is 2. The lowest BCUT2D eigenvalue weighted by Gasteiger charge is -2.05. The molecular formula is C10H16N2O3. The van der Waals surface area contributed by atoms with E-state index < -0.39 is 0 Å². The van der Waals surface area contributed by atoms with Gasteiger partial charge in [-0.1, -0.05) is 12.1 Å². The third-order valence-electron chi connectivity index (χ3n) is 2.12. The molecule has 0 aromatic carbocycles. The highest BCUT2D eigenvalue weighted by Gasteiger charge is 2.15. The summed E-state index contributed by atoms with van der Waals surface area (Å²) in [4.78, 5) is 14.9. The van der Waals surface area contributed by atoms with Crippen LogP contribution < -0.4 is 0 Å². The molecule has 1 aromatic heterocycles. The fourth-order valence-electron chi connectivity index (χ4n) is 1.24. The van der Waals surface area contributed by atoms with Gasteiger partial charge in [0.05, 0.1) is 0 Å². The molecule has 1 heterocycles. The fraction of sp³-hybridized carbons (Fsp3) is 0.700. The smallest absolute Gasteiger partial charge is 0.227 e. The van der Waals surface area contributed by atoms with Gasteiger partial charge in [0.25, 0.3) is 0 Å². The lowest BCUT2D eigenvalue weighted by Crippen LogP contribution is -2.02. The maximum Gasteiger partial charge on any atom is 0.227 e. The summed E-state index contributed by atoms with van der Waals surface area (Å²) < 4.78 is 10.2. The number of hydrogen-bond donors (Lipinski definition) is 0. The Bertz CT molecular complexity index is 318. The summed E-state index contributed by atoms with van der Waals surface area (Å²) in [6, 6.07) is 0. The van der Waals surface area contributed by atoms with E-state index in [0.29, 0.717) is 24.6 Å². The number of aryl methyl sites for hydroxylation is 1. The first-order chi connectivity index (χ1) is 7.17. The van der Waals surface area contributed by atoms with E-state index in [1.807, 2.05) is 6.92 Å². The first-order valence-electron chi connectivity index (χ1n) is 5.02. The summed E-state index contributed by atoms with van der Waals surface area (Å²) in [7, 11) is 1.61. The van der Waals surface area contributed by atoms with Gasteiger partial charge in [-0.25, -0.2) is 0 Å². The Hall–Kier alpha value is -1.23. The van der Waals surface area contributed by atoms with Crippen LogP contribution in [0.1, 0.15) is 44.5 Å². The Labute approximate surface area is 88.8 Å². The van der Waals surface area contributed by atoms with Crippen molar-refractivity contribution in [2.24, 2.45) is 0 Å². The van der Waals surface area contributed by atoms with E-state index in [4.69, 9.17) is 9.26 Å². The third kappa shape index (κ3) is 3.43. The van der Waals surface area contributed by atoms with Crippen molar-refractivity contribution in [2.45, 2.75) is 39.2 Å². The monoisotopic (exact) mass is 212 g/mol. The van der Waals surface area contributed by atoms with Crippen LogP contribution in [0, 0.1) is 0 Å². The molecule has 1 atom stereocenters. The SMILES string of the molecule is CCC(OC)c1noc(CCC(C)=O)n1. The van der Waals surface area contributed by atoms with Crippen LogP contribution in [0.5, 0.6) is 0 Å². The standard InChI is InChI=1S/C10H16N2O3/c1-4-8(14-3)10-11-9(15-12-10)6-5-7(2)13/h8H,4-6H2,1-3H3. The van der Waals surface area contributed by atoms with Crippen molar-refractivity contribution in [3.8, 4) is 0 Å². The molecule has 0 radical (unpaired) electrons. The van der Waals surface area contributed by atoms with Crippen molar-refractivity contribution in [1.29, 1.82) is 0 Å². The van der Waals surface area contributed by atoms with Crippen molar-refractivity contribution in [3.05, 3.63) is 11.7 Å². The van der Waals surface area contributed by atoms with Gasteiger partial charge in [-0.2, -0.15) is 4.98 Å². The van der Waals surface area contributed by atoms with Gasteiger partial charge in [0, 0.05) is 20.0 Å². The maximum atomic E-state index is 10.8. The number of methoxy groups -OCH3 is 1. The zero-order chi connectivity index (χ0) is 11.3. The summed E-state index contributed by atoms with van der Waals surface area (Å²) in [5.74, 6) is 1.17. The molecule has 0 fully saturated rings. The zero-order valence-electron chi connectivity index (χ0n) is 9.32. The average molecular weight is 212 g/mol. The second-order valence-corrected chi connectivity index (χ2v) is 3.38. The number of carbonyl (C=O) groups is 1. The lowest BCUT2D eigenvalue weighted by molar-refractivity contribution is -0.117. The van der Waals surface area contributed by atoms with Crippen LogP contribution in [0.3, 0.4) is 0 Å².